The predicted octanol–water partition coefficient (Wildman–Crippen LogP) is 1.41. The van der Waals surface area contributed by atoms with Gasteiger partial charge in [-0.3, -0.25) is 4.98 Å². The first-order valence-electron chi connectivity index (χ1n) is 3.89. The minimum Gasteiger partial charge on any atom is -0.740 e. The Hall–Kier alpha value is -1.46. The molecule has 0 radical (unpaired) electrons. The number of fused-ring (bicyclic) bond motifs is 1. The number of para-hydroxylation sites is 1. The van der Waals surface area contributed by atoms with E-state index in [4.69, 9.17) is 0 Å². The molecule has 4 nitrogen and oxygen atoms in total. The van der Waals surface area contributed by atoms with Crippen molar-refractivity contribution < 1.29 is 12.9 Å². The van der Waals surface area contributed by atoms with E-state index in [1.54, 1.807) is 24.4 Å². The lowest BCUT2D eigenvalue weighted by atomic mass is 10.2. The Morgan fingerprint density at radius 2 is 2.07 bits per heavy atom. The molecule has 1 atom stereocenters. The first-order valence-corrected chi connectivity index (χ1v) is 4.89. The van der Waals surface area contributed by atoms with Crippen molar-refractivity contribution in [2.45, 2.75) is 0 Å². The van der Waals surface area contributed by atoms with Crippen LogP contribution in [0.1, 0.15) is 0 Å². The Balaban J connectivity index is 2.59. The molecule has 0 aliphatic carbocycles. The molecule has 0 fully saturated rings. The molecule has 1 unspecified atom stereocenters. The summed E-state index contributed by atoms with van der Waals surface area (Å²) in [6.07, 6.45) is 1.59. The van der Waals surface area contributed by atoms with Gasteiger partial charge in [0.2, 0.25) is 0 Å². The van der Waals surface area contributed by atoms with E-state index in [9.17, 15) is 8.76 Å². The second-order valence-electron chi connectivity index (χ2n) is 2.62. The molecule has 14 heavy (non-hydrogen) atoms. The standard InChI is InChI=1S/C9H7NO3S/c11-14(12)13-8-5-1-3-7-4-2-6-10-9(7)8/h1-6H,(H,11,12)/p-1. The van der Waals surface area contributed by atoms with Crippen molar-refractivity contribution in [3.05, 3.63) is 36.5 Å². The number of rotatable bonds is 2. The highest BCUT2D eigenvalue weighted by Gasteiger charge is 2.01. The van der Waals surface area contributed by atoms with Gasteiger partial charge in [-0.1, -0.05) is 18.2 Å². The molecule has 0 spiro atoms. The lowest BCUT2D eigenvalue weighted by Crippen LogP contribution is -1.98. The molecule has 72 valence electrons. The number of hydrogen-bond acceptors (Lipinski definition) is 4. The minimum absolute atomic E-state index is 0.247. The highest BCUT2D eigenvalue weighted by molar-refractivity contribution is 7.74. The summed E-state index contributed by atoms with van der Waals surface area (Å²) in [5, 5.41) is 0.843. The zero-order valence-electron chi connectivity index (χ0n) is 7.04. The molecule has 0 aliphatic heterocycles. The number of aromatic nitrogens is 1. The van der Waals surface area contributed by atoms with Crippen molar-refractivity contribution in [2.24, 2.45) is 0 Å². The normalized spacial score (nSPS) is 12.6. The maximum Gasteiger partial charge on any atom is 0.165 e. The van der Waals surface area contributed by atoms with Gasteiger partial charge >= 0.3 is 0 Å². The van der Waals surface area contributed by atoms with Gasteiger partial charge in [-0.25, -0.2) is 4.21 Å². The third kappa shape index (κ3) is 1.73. The van der Waals surface area contributed by atoms with E-state index in [1.807, 2.05) is 12.1 Å². The van der Waals surface area contributed by atoms with Gasteiger partial charge in [0.25, 0.3) is 0 Å². The van der Waals surface area contributed by atoms with E-state index in [0.717, 1.165) is 5.39 Å². The van der Waals surface area contributed by atoms with Crippen LogP contribution < -0.4 is 4.18 Å². The summed E-state index contributed by atoms with van der Waals surface area (Å²) < 4.78 is 25.3. The van der Waals surface area contributed by atoms with Crippen LogP contribution in [0.4, 0.5) is 0 Å². The first kappa shape index (κ1) is 9.11. The van der Waals surface area contributed by atoms with Crippen LogP contribution in [0.25, 0.3) is 10.9 Å². The summed E-state index contributed by atoms with van der Waals surface area (Å²) >= 11 is -2.56. The van der Waals surface area contributed by atoms with E-state index in [2.05, 4.69) is 9.17 Å². The zero-order valence-corrected chi connectivity index (χ0v) is 7.86. The number of pyridine rings is 1. The molecular formula is C9H6NO3S-. The lowest BCUT2D eigenvalue weighted by Gasteiger charge is -2.08. The van der Waals surface area contributed by atoms with Crippen LogP contribution in [0.3, 0.4) is 0 Å². The predicted molar refractivity (Wildman–Crippen MR) is 51.3 cm³/mol. The minimum atomic E-state index is -2.56. The number of nitrogens with zero attached hydrogens (tertiary/aromatic N) is 1. The summed E-state index contributed by atoms with van der Waals surface area (Å²) in [5.41, 5.74) is 0.541. The average Bonchev–Trinajstić information content (AvgIpc) is 2.18. The molecule has 2 aromatic rings. The van der Waals surface area contributed by atoms with Crippen molar-refractivity contribution in [1.29, 1.82) is 0 Å². The number of hydrogen-bond donors (Lipinski definition) is 0. The van der Waals surface area contributed by atoms with E-state index in [-0.39, 0.29) is 5.75 Å². The Morgan fingerprint density at radius 3 is 2.86 bits per heavy atom. The second kappa shape index (κ2) is 3.73. The molecule has 0 N–H and O–H groups in total. The smallest absolute Gasteiger partial charge is 0.165 e. The summed E-state index contributed by atoms with van der Waals surface area (Å²) in [6.45, 7) is 0. The molecule has 0 saturated heterocycles. The molecule has 0 aliphatic rings. The van der Waals surface area contributed by atoms with Crippen molar-refractivity contribution in [3.8, 4) is 5.75 Å². The van der Waals surface area contributed by atoms with E-state index in [0.29, 0.717) is 5.52 Å². The van der Waals surface area contributed by atoms with Crippen LogP contribution in [-0.4, -0.2) is 13.7 Å². The molecule has 0 amide bonds. The van der Waals surface area contributed by atoms with Gasteiger partial charge in [0, 0.05) is 11.6 Å². The fraction of sp³-hybridized carbons (Fsp3) is 0. The monoisotopic (exact) mass is 208 g/mol. The Bertz CT molecular complexity index is 481. The largest absolute Gasteiger partial charge is 0.740 e. The maximum absolute atomic E-state index is 10.4. The Kier molecular flexibility index (Phi) is 2.43. The van der Waals surface area contributed by atoms with Crippen LogP contribution >= 0.6 is 0 Å². The Labute approximate surface area is 83.0 Å². The van der Waals surface area contributed by atoms with Gasteiger partial charge in [-0.15, -0.1) is 0 Å². The van der Waals surface area contributed by atoms with Crippen LogP contribution in [0.15, 0.2) is 36.5 Å². The quantitative estimate of drug-likeness (QED) is 0.700. The van der Waals surface area contributed by atoms with Crippen LogP contribution in [-0.2, 0) is 11.4 Å². The van der Waals surface area contributed by atoms with Gasteiger partial charge in [0.15, 0.2) is 5.75 Å². The Morgan fingerprint density at radius 1 is 1.29 bits per heavy atom. The van der Waals surface area contributed by atoms with Gasteiger partial charge < -0.3 is 8.74 Å². The van der Waals surface area contributed by atoms with Gasteiger partial charge in [-0.2, -0.15) is 0 Å². The molecule has 5 heteroatoms. The van der Waals surface area contributed by atoms with Crippen molar-refractivity contribution in [3.63, 3.8) is 0 Å². The fourth-order valence-electron chi connectivity index (χ4n) is 1.22. The molecule has 2 rings (SSSR count). The highest BCUT2D eigenvalue weighted by atomic mass is 32.2. The van der Waals surface area contributed by atoms with Crippen LogP contribution in [0, 0.1) is 0 Å². The van der Waals surface area contributed by atoms with Crippen molar-refractivity contribution in [2.75, 3.05) is 0 Å². The molecule has 1 aromatic carbocycles. The van der Waals surface area contributed by atoms with Crippen molar-refractivity contribution >= 4 is 22.3 Å². The summed E-state index contributed by atoms with van der Waals surface area (Å²) in [5.74, 6) is 0.247. The summed E-state index contributed by atoms with van der Waals surface area (Å²) in [7, 11) is 0. The maximum atomic E-state index is 10.4. The first-order chi connectivity index (χ1) is 6.77. The van der Waals surface area contributed by atoms with Crippen LogP contribution in [0.2, 0.25) is 0 Å². The van der Waals surface area contributed by atoms with Gasteiger partial charge in [0.1, 0.15) is 16.9 Å². The molecule has 1 heterocycles. The fourth-order valence-corrected chi connectivity index (χ4v) is 1.50. The molecule has 1 aromatic heterocycles. The lowest BCUT2D eigenvalue weighted by molar-refractivity contribution is 0.442. The molecule has 0 bridgehead atoms. The topological polar surface area (TPSA) is 62.2 Å². The zero-order chi connectivity index (χ0) is 9.97. The van der Waals surface area contributed by atoms with E-state index < -0.39 is 11.4 Å². The highest BCUT2D eigenvalue weighted by Crippen LogP contribution is 2.23. The second-order valence-corrected chi connectivity index (χ2v) is 3.19. The SMILES string of the molecule is O=S([O-])Oc1cccc2cccnc12. The molecular weight excluding hydrogens is 202 g/mol. The molecule has 0 saturated carbocycles. The van der Waals surface area contributed by atoms with Crippen LogP contribution in [0.5, 0.6) is 5.75 Å². The summed E-state index contributed by atoms with van der Waals surface area (Å²) in [4.78, 5) is 4.04. The average molecular weight is 208 g/mol. The van der Waals surface area contributed by atoms with Crippen molar-refractivity contribution in [1.82, 2.24) is 4.98 Å². The number of benzene rings is 1. The van der Waals surface area contributed by atoms with E-state index in [1.165, 1.54) is 0 Å². The van der Waals surface area contributed by atoms with E-state index >= 15 is 0 Å². The van der Waals surface area contributed by atoms with Gasteiger partial charge in [-0.05, 0) is 12.1 Å². The summed E-state index contributed by atoms with van der Waals surface area (Å²) in [6, 6.07) is 8.73. The van der Waals surface area contributed by atoms with Gasteiger partial charge in [0.05, 0.1) is 0 Å². The third-order valence-corrected chi connectivity index (χ3v) is 2.07. The third-order valence-electron chi connectivity index (χ3n) is 1.75.